The van der Waals surface area contributed by atoms with Gasteiger partial charge < -0.3 is 28.3 Å². The third-order valence-electron chi connectivity index (χ3n) is 8.55. The van der Waals surface area contributed by atoms with Crippen LogP contribution in [0.5, 0.6) is 0 Å². The lowest BCUT2D eigenvalue weighted by Crippen LogP contribution is -2.49. The minimum atomic E-state index is -4.12. The molecule has 1 fully saturated rings. The van der Waals surface area contributed by atoms with E-state index in [0.717, 1.165) is 0 Å². The predicted molar refractivity (Wildman–Crippen MR) is 198 cm³/mol. The molecule has 0 spiro atoms. The Morgan fingerprint density at radius 3 is 2.04 bits per heavy atom. The Morgan fingerprint density at radius 2 is 1.54 bits per heavy atom. The molecule has 0 N–H and O–H groups in total. The summed E-state index contributed by atoms with van der Waals surface area (Å²) in [6, 6.07) is 0. The highest BCUT2D eigenvalue weighted by atomic mass is 31.2. The molecule has 1 saturated heterocycles. The number of fused-ring (bicyclic) bond motifs is 1. The van der Waals surface area contributed by atoms with Crippen LogP contribution >= 0.6 is 7.60 Å². The number of carbonyl (C=O) groups is 2. The summed E-state index contributed by atoms with van der Waals surface area (Å²) in [7, 11) is -1.21. The van der Waals surface area contributed by atoms with Crippen LogP contribution in [0.3, 0.4) is 0 Å². The predicted octanol–water partition coefficient (Wildman–Crippen LogP) is 6.57. The van der Waals surface area contributed by atoms with Crippen LogP contribution in [0, 0.1) is 10.8 Å². The molecule has 0 aliphatic carbocycles. The van der Waals surface area contributed by atoms with Crippen molar-refractivity contribution in [3.05, 3.63) is 24.5 Å². The Morgan fingerprint density at radius 1 is 0.962 bits per heavy atom. The van der Waals surface area contributed by atoms with Gasteiger partial charge in [-0.2, -0.15) is 0 Å². The zero-order valence-corrected chi connectivity index (χ0v) is 34.9. The average Bonchev–Trinajstić information content (AvgIpc) is 3.59. The van der Waals surface area contributed by atoms with E-state index in [2.05, 4.69) is 53.8 Å². The molecule has 1 aliphatic rings. The summed E-state index contributed by atoms with van der Waals surface area (Å²) in [6.07, 6.45) is 3.96. The second-order valence-electron chi connectivity index (χ2n) is 16.4. The molecule has 18 heteroatoms. The van der Waals surface area contributed by atoms with E-state index in [-0.39, 0.29) is 11.5 Å². The highest BCUT2D eigenvalue weighted by Gasteiger charge is 2.51. The molecule has 0 saturated carbocycles. The van der Waals surface area contributed by atoms with E-state index in [9.17, 15) is 14.2 Å². The quantitative estimate of drug-likeness (QED) is 0.0475. The molecular formula is C34H57N6O10PSi. The number of nitrogens with zero attached hydrogens (tertiary/aromatic N) is 6. The van der Waals surface area contributed by atoms with Crippen LogP contribution in [0.2, 0.25) is 18.1 Å². The van der Waals surface area contributed by atoms with Crippen LogP contribution in [0.1, 0.15) is 75.0 Å². The molecule has 0 radical (unpaired) electrons. The van der Waals surface area contributed by atoms with Crippen LogP contribution in [-0.2, 0) is 46.6 Å². The second kappa shape index (κ2) is 17.0. The summed E-state index contributed by atoms with van der Waals surface area (Å²) in [5.74, 6) is 0.519. The molecule has 4 atom stereocenters. The monoisotopic (exact) mass is 768 g/mol. The van der Waals surface area contributed by atoms with Gasteiger partial charge in [0.1, 0.15) is 18.5 Å². The molecule has 2 aromatic rings. The highest BCUT2D eigenvalue weighted by molar-refractivity contribution is 7.57. The Balaban J connectivity index is 1.95. The number of ether oxygens (including phenoxy) is 4. The number of aliphatic imine (C=N–C) groups is 1. The number of aromatic nitrogens is 4. The number of hydrogen-bond acceptors (Lipinski definition) is 14. The zero-order chi connectivity index (χ0) is 39.3. The normalized spacial score (nSPS) is 20.7. The van der Waals surface area contributed by atoms with Gasteiger partial charge in [0.05, 0.1) is 29.6 Å². The summed E-state index contributed by atoms with van der Waals surface area (Å²) in [6.45, 7) is 19.5. The van der Waals surface area contributed by atoms with E-state index in [4.69, 9.17) is 32.4 Å². The van der Waals surface area contributed by atoms with Gasteiger partial charge in [0.2, 0.25) is 13.6 Å². The number of carbonyl (C=O) groups excluding carboxylic acids is 2. The van der Waals surface area contributed by atoms with E-state index in [1.54, 1.807) is 76.9 Å². The molecule has 3 heterocycles. The number of esters is 2. The van der Waals surface area contributed by atoms with Crippen molar-refractivity contribution < 1.29 is 46.6 Å². The first-order valence-electron chi connectivity index (χ1n) is 17.1. The lowest BCUT2D eigenvalue weighted by molar-refractivity contribution is -0.161. The van der Waals surface area contributed by atoms with Crippen molar-refractivity contribution in [2.24, 2.45) is 15.8 Å². The van der Waals surface area contributed by atoms with Gasteiger partial charge in [-0.3, -0.25) is 27.8 Å². The third-order valence-corrected chi connectivity index (χ3v) is 14.5. The number of rotatable bonds is 15. The first-order chi connectivity index (χ1) is 23.9. The Kier molecular flexibility index (Phi) is 14.1. The van der Waals surface area contributed by atoms with Gasteiger partial charge in [-0.25, -0.2) is 19.9 Å². The van der Waals surface area contributed by atoms with Gasteiger partial charge in [-0.1, -0.05) is 26.8 Å². The van der Waals surface area contributed by atoms with E-state index < -0.39 is 76.8 Å². The average molecular weight is 769 g/mol. The summed E-state index contributed by atoms with van der Waals surface area (Å²) in [5.41, 5.74) is -0.643. The molecule has 16 nitrogen and oxygen atoms in total. The Labute approximate surface area is 308 Å². The number of methoxy groups -OCH3 is 1. The lowest BCUT2D eigenvalue weighted by Gasteiger charge is -2.40. The summed E-state index contributed by atoms with van der Waals surface area (Å²) >= 11 is 0. The lowest BCUT2D eigenvalue weighted by atomic mass is 9.98. The van der Waals surface area contributed by atoms with Gasteiger partial charge in [0, 0.05) is 27.0 Å². The summed E-state index contributed by atoms with van der Waals surface area (Å²) in [4.78, 5) is 44.3. The fourth-order valence-corrected chi connectivity index (χ4v) is 6.86. The molecule has 292 valence electrons. The smallest absolute Gasteiger partial charge is 0.359 e. The Hall–Kier alpha value is -3.05. The molecular weight excluding hydrogens is 711 g/mol. The topological polar surface area (TPSA) is 175 Å². The van der Waals surface area contributed by atoms with Gasteiger partial charge in [0.15, 0.2) is 31.5 Å². The minimum absolute atomic E-state index is 0.135. The van der Waals surface area contributed by atoms with Crippen molar-refractivity contribution >= 4 is 51.2 Å². The van der Waals surface area contributed by atoms with Crippen LogP contribution < -0.4 is 0 Å². The van der Waals surface area contributed by atoms with Crippen molar-refractivity contribution in [2.45, 2.75) is 111 Å². The van der Waals surface area contributed by atoms with Gasteiger partial charge >= 0.3 is 19.5 Å². The SMILES string of the molecule is CO[C@H]1[C@@H](O[Si](C)(C)C(C)(C)C)[C@@H](C/C=C/P(=O)(OCOC(=O)C(C)(C)C)OCOC(=O)C(C)(C)C)O[C@H]1n1cnc2c(/N=C\N(C)C)ncnc21. The molecule has 3 rings (SSSR count). The summed E-state index contributed by atoms with van der Waals surface area (Å²) in [5, 5.41) is -0.135. The van der Waals surface area contributed by atoms with E-state index in [1.807, 2.05) is 14.1 Å². The van der Waals surface area contributed by atoms with Crippen LogP contribution in [0.15, 0.2) is 29.5 Å². The third kappa shape index (κ3) is 11.2. The Bertz CT molecular complexity index is 1610. The largest absolute Gasteiger partial charge is 0.438 e. The number of hydrogen-bond donors (Lipinski definition) is 0. The van der Waals surface area contributed by atoms with Crippen molar-refractivity contribution in [1.82, 2.24) is 24.4 Å². The second-order valence-corrected chi connectivity index (χ2v) is 23.0. The zero-order valence-electron chi connectivity index (χ0n) is 33.0. The van der Waals surface area contributed by atoms with Crippen molar-refractivity contribution in [3.63, 3.8) is 0 Å². The molecule has 0 unspecified atom stereocenters. The van der Waals surface area contributed by atoms with Crippen LogP contribution in [0.25, 0.3) is 11.2 Å². The molecule has 0 amide bonds. The molecule has 1 aliphatic heterocycles. The molecule has 2 aromatic heterocycles. The number of imidazole rings is 1. The standard InChI is InChI=1S/C34H57N6O10PSi/c1-32(2,3)30(41)45-21-47-51(43,48-22-46-31(42)33(4,5)6)17-15-16-23-25(50-52(13,14)34(7,8)9)26(44-12)29(49-23)40-20-37-24-27(38-19-39(10)11)35-18-36-28(24)40/h15,17-20,23,25-26,29H,16,21-22H2,1-14H3/b17-15+,38-19-/t23-,25+,26+,29-/m1/s1. The summed E-state index contributed by atoms with van der Waals surface area (Å²) < 4.78 is 56.7. The van der Waals surface area contributed by atoms with Crippen molar-refractivity contribution in [2.75, 3.05) is 34.8 Å². The molecule has 0 aromatic carbocycles. The van der Waals surface area contributed by atoms with Crippen LogP contribution in [0.4, 0.5) is 5.82 Å². The fourth-order valence-electron chi connectivity index (χ4n) is 4.51. The fraction of sp³-hybridized carbons (Fsp3) is 0.706. The molecule has 0 bridgehead atoms. The maximum Gasteiger partial charge on any atom is 0.359 e. The van der Waals surface area contributed by atoms with Gasteiger partial charge in [-0.05, 0) is 66.1 Å². The molecule has 52 heavy (non-hydrogen) atoms. The van der Waals surface area contributed by atoms with E-state index >= 15 is 0 Å². The van der Waals surface area contributed by atoms with Crippen molar-refractivity contribution in [3.8, 4) is 0 Å². The van der Waals surface area contributed by atoms with Gasteiger partial charge in [-0.15, -0.1) is 0 Å². The van der Waals surface area contributed by atoms with E-state index in [1.165, 1.54) is 12.1 Å². The first-order valence-corrected chi connectivity index (χ1v) is 21.6. The first kappa shape index (κ1) is 43.4. The minimum Gasteiger partial charge on any atom is -0.438 e. The van der Waals surface area contributed by atoms with Crippen LogP contribution in [-0.4, -0.2) is 104 Å². The maximum absolute atomic E-state index is 13.9. The van der Waals surface area contributed by atoms with Gasteiger partial charge in [0.25, 0.3) is 0 Å². The van der Waals surface area contributed by atoms with Crippen molar-refractivity contribution in [1.29, 1.82) is 0 Å². The van der Waals surface area contributed by atoms with E-state index in [0.29, 0.717) is 17.0 Å². The highest BCUT2D eigenvalue weighted by Crippen LogP contribution is 2.51. The maximum atomic E-state index is 13.9.